The van der Waals surface area contributed by atoms with Crippen LogP contribution in [0.1, 0.15) is 5.56 Å². The molecule has 0 aliphatic rings. The standard InChI is InChI=1S/C20H19N3O4S/c1-13-8-6-7-11-15(13)27-12-16(24)21-18-17(14-9-4-3-5-10-14)22-19(28-18)23-20(25)26-2/h3-11H,12H2,1-2H3,(H,21,24)(H,22,23,25). The van der Waals surface area contributed by atoms with Crippen molar-refractivity contribution in [3.8, 4) is 17.0 Å². The van der Waals surface area contributed by atoms with Crippen LogP contribution in [0.4, 0.5) is 14.9 Å². The number of rotatable bonds is 6. The average molecular weight is 397 g/mol. The second kappa shape index (κ2) is 9.01. The summed E-state index contributed by atoms with van der Waals surface area (Å²) >= 11 is 1.14. The zero-order chi connectivity index (χ0) is 19.9. The highest BCUT2D eigenvalue weighted by molar-refractivity contribution is 7.20. The molecule has 2 amide bonds. The predicted molar refractivity (Wildman–Crippen MR) is 109 cm³/mol. The van der Waals surface area contributed by atoms with Crippen molar-refractivity contribution in [2.24, 2.45) is 0 Å². The number of nitrogens with zero attached hydrogens (tertiary/aromatic N) is 1. The van der Waals surface area contributed by atoms with Crippen LogP contribution in [-0.2, 0) is 9.53 Å². The van der Waals surface area contributed by atoms with E-state index in [1.54, 1.807) is 0 Å². The van der Waals surface area contributed by atoms with Gasteiger partial charge >= 0.3 is 6.09 Å². The Morgan fingerprint density at radius 2 is 1.75 bits per heavy atom. The Hall–Kier alpha value is -3.39. The Bertz CT molecular complexity index is 973. The quantitative estimate of drug-likeness (QED) is 0.647. The summed E-state index contributed by atoms with van der Waals surface area (Å²) in [5, 5.41) is 6.17. The normalized spacial score (nSPS) is 10.2. The molecule has 28 heavy (non-hydrogen) atoms. The lowest BCUT2D eigenvalue weighted by molar-refractivity contribution is -0.118. The molecule has 144 valence electrons. The molecule has 8 heteroatoms. The summed E-state index contributed by atoms with van der Waals surface area (Å²) < 4.78 is 10.2. The van der Waals surface area contributed by atoms with Crippen molar-refractivity contribution in [3.63, 3.8) is 0 Å². The average Bonchev–Trinajstić information content (AvgIpc) is 3.09. The van der Waals surface area contributed by atoms with E-state index in [4.69, 9.17) is 4.74 Å². The van der Waals surface area contributed by atoms with Crippen molar-refractivity contribution < 1.29 is 19.1 Å². The fourth-order valence-corrected chi connectivity index (χ4v) is 3.30. The van der Waals surface area contributed by atoms with E-state index >= 15 is 0 Å². The largest absolute Gasteiger partial charge is 0.483 e. The Labute approximate surface area is 166 Å². The van der Waals surface area contributed by atoms with E-state index in [-0.39, 0.29) is 12.5 Å². The third kappa shape index (κ3) is 4.86. The van der Waals surface area contributed by atoms with Gasteiger partial charge in [-0.2, -0.15) is 0 Å². The van der Waals surface area contributed by atoms with E-state index in [1.807, 2.05) is 61.5 Å². The van der Waals surface area contributed by atoms with Crippen LogP contribution in [0.2, 0.25) is 0 Å². The zero-order valence-electron chi connectivity index (χ0n) is 15.4. The summed E-state index contributed by atoms with van der Waals surface area (Å²) in [6.45, 7) is 1.77. The van der Waals surface area contributed by atoms with Gasteiger partial charge in [0.05, 0.1) is 7.11 Å². The molecule has 0 spiro atoms. The summed E-state index contributed by atoms with van der Waals surface area (Å²) in [4.78, 5) is 28.3. The molecule has 2 aromatic carbocycles. The van der Waals surface area contributed by atoms with E-state index in [0.29, 0.717) is 21.6 Å². The Kier molecular flexibility index (Phi) is 6.23. The molecule has 2 N–H and O–H groups in total. The summed E-state index contributed by atoms with van der Waals surface area (Å²) in [5.74, 6) is 0.326. The van der Waals surface area contributed by atoms with Crippen LogP contribution in [0, 0.1) is 6.92 Å². The first-order chi connectivity index (χ1) is 13.6. The Morgan fingerprint density at radius 3 is 2.46 bits per heavy atom. The van der Waals surface area contributed by atoms with Crippen molar-refractivity contribution in [3.05, 3.63) is 60.2 Å². The van der Waals surface area contributed by atoms with Gasteiger partial charge in [0.2, 0.25) is 0 Å². The van der Waals surface area contributed by atoms with Gasteiger partial charge in [0, 0.05) is 5.56 Å². The third-order valence-corrected chi connectivity index (χ3v) is 4.66. The number of carbonyl (C=O) groups excluding carboxylic acids is 2. The molecule has 0 saturated heterocycles. The minimum Gasteiger partial charge on any atom is -0.483 e. The highest BCUT2D eigenvalue weighted by atomic mass is 32.1. The number of anilines is 2. The molecule has 7 nitrogen and oxygen atoms in total. The summed E-state index contributed by atoms with van der Waals surface area (Å²) in [6, 6.07) is 16.8. The van der Waals surface area contributed by atoms with Crippen molar-refractivity contribution >= 4 is 33.5 Å². The monoisotopic (exact) mass is 397 g/mol. The molecule has 0 aliphatic carbocycles. The number of hydrogen-bond acceptors (Lipinski definition) is 6. The SMILES string of the molecule is COC(=O)Nc1nc(-c2ccccc2)c(NC(=O)COc2ccccc2C)s1. The number of carbonyl (C=O) groups is 2. The van der Waals surface area contributed by atoms with Crippen molar-refractivity contribution in [1.82, 2.24) is 4.98 Å². The molecule has 0 unspecified atom stereocenters. The van der Waals surface area contributed by atoms with Gasteiger partial charge in [-0.1, -0.05) is 59.9 Å². The number of amides is 2. The highest BCUT2D eigenvalue weighted by Crippen LogP contribution is 2.35. The van der Waals surface area contributed by atoms with Gasteiger partial charge in [-0.15, -0.1) is 0 Å². The highest BCUT2D eigenvalue weighted by Gasteiger charge is 2.17. The van der Waals surface area contributed by atoms with Crippen LogP contribution >= 0.6 is 11.3 Å². The van der Waals surface area contributed by atoms with Crippen molar-refractivity contribution in [2.75, 3.05) is 24.4 Å². The third-order valence-electron chi connectivity index (χ3n) is 3.77. The molecule has 0 bridgehead atoms. The van der Waals surface area contributed by atoms with Gasteiger partial charge < -0.3 is 14.8 Å². The molecular weight excluding hydrogens is 378 g/mol. The lowest BCUT2D eigenvalue weighted by Crippen LogP contribution is -2.20. The lowest BCUT2D eigenvalue weighted by Gasteiger charge is -2.09. The minimum atomic E-state index is -0.630. The molecular formula is C20H19N3O4S. The molecule has 0 atom stereocenters. The fraction of sp³-hybridized carbons (Fsp3) is 0.150. The zero-order valence-corrected chi connectivity index (χ0v) is 16.2. The number of ether oxygens (including phenoxy) is 2. The second-order valence-corrected chi connectivity index (χ2v) is 6.78. The smallest absolute Gasteiger partial charge is 0.413 e. The van der Waals surface area contributed by atoms with E-state index in [1.165, 1.54) is 7.11 Å². The molecule has 0 aliphatic heterocycles. The van der Waals surface area contributed by atoms with Crippen LogP contribution in [0.15, 0.2) is 54.6 Å². The Balaban J connectivity index is 1.76. The number of aromatic nitrogens is 1. The lowest BCUT2D eigenvalue weighted by atomic mass is 10.2. The van der Waals surface area contributed by atoms with Crippen molar-refractivity contribution in [2.45, 2.75) is 6.92 Å². The number of methoxy groups -OCH3 is 1. The number of aryl methyl sites for hydroxylation is 1. The van der Waals surface area contributed by atoms with Gasteiger partial charge in [-0.3, -0.25) is 10.1 Å². The number of para-hydroxylation sites is 1. The molecule has 0 fully saturated rings. The van der Waals surface area contributed by atoms with E-state index < -0.39 is 6.09 Å². The molecule has 3 aromatic rings. The topological polar surface area (TPSA) is 89.5 Å². The van der Waals surface area contributed by atoms with Gasteiger partial charge in [-0.25, -0.2) is 9.78 Å². The molecule has 0 saturated carbocycles. The van der Waals surface area contributed by atoms with Crippen LogP contribution in [-0.4, -0.2) is 30.7 Å². The maximum atomic E-state index is 12.4. The second-order valence-electron chi connectivity index (χ2n) is 5.78. The molecule has 1 aromatic heterocycles. The van der Waals surface area contributed by atoms with E-state index in [0.717, 1.165) is 22.5 Å². The van der Waals surface area contributed by atoms with Gasteiger partial charge in [0.1, 0.15) is 16.4 Å². The van der Waals surface area contributed by atoms with Gasteiger partial charge in [0.15, 0.2) is 11.7 Å². The summed E-state index contributed by atoms with van der Waals surface area (Å²) in [6.07, 6.45) is -0.630. The molecule has 3 rings (SSSR count). The first-order valence-electron chi connectivity index (χ1n) is 8.46. The van der Waals surface area contributed by atoms with Gasteiger partial charge in [0.25, 0.3) is 5.91 Å². The van der Waals surface area contributed by atoms with Crippen LogP contribution in [0.5, 0.6) is 5.75 Å². The van der Waals surface area contributed by atoms with E-state index in [2.05, 4.69) is 20.4 Å². The van der Waals surface area contributed by atoms with Crippen LogP contribution in [0.3, 0.4) is 0 Å². The minimum absolute atomic E-state index is 0.142. The Morgan fingerprint density at radius 1 is 1.04 bits per heavy atom. The molecule has 1 heterocycles. The number of thiazole rings is 1. The molecule has 0 radical (unpaired) electrons. The predicted octanol–water partition coefficient (Wildman–Crippen LogP) is 4.31. The first-order valence-corrected chi connectivity index (χ1v) is 9.28. The number of hydrogen-bond donors (Lipinski definition) is 2. The van der Waals surface area contributed by atoms with Crippen molar-refractivity contribution in [1.29, 1.82) is 0 Å². The first kappa shape index (κ1) is 19.4. The maximum absolute atomic E-state index is 12.4. The maximum Gasteiger partial charge on any atom is 0.413 e. The van der Waals surface area contributed by atoms with Gasteiger partial charge in [-0.05, 0) is 18.6 Å². The van der Waals surface area contributed by atoms with Crippen LogP contribution < -0.4 is 15.4 Å². The summed E-state index contributed by atoms with van der Waals surface area (Å²) in [7, 11) is 1.27. The van der Waals surface area contributed by atoms with E-state index in [9.17, 15) is 9.59 Å². The summed E-state index contributed by atoms with van der Waals surface area (Å²) in [5.41, 5.74) is 2.32. The number of nitrogens with one attached hydrogen (secondary N) is 2. The number of benzene rings is 2. The fourth-order valence-electron chi connectivity index (χ4n) is 2.41. The van der Waals surface area contributed by atoms with Crippen LogP contribution in [0.25, 0.3) is 11.3 Å².